The van der Waals surface area contributed by atoms with Crippen LogP contribution in [0.25, 0.3) is 22.3 Å². The van der Waals surface area contributed by atoms with Crippen molar-refractivity contribution >= 4 is 61.5 Å². The number of carbonyl (C=O) groups excluding carboxylic acids is 3. The number of hydrogen-bond acceptors (Lipinski definition) is 13. The van der Waals surface area contributed by atoms with Gasteiger partial charge in [-0.3, -0.25) is 9.59 Å². The van der Waals surface area contributed by atoms with Crippen LogP contribution in [0, 0.1) is 11.3 Å². The lowest BCUT2D eigenvalue weighted by Gasteiger charge is -2.40. The number of benzene rings is 1. The van der Waals surface area contributed by atoms with Gasteiger partial charge in [0.05, 0.1) is 31.4 Å². The first-order valence-electron chi connectivity index (χ1n) is 23.3. The van der Waals surface area contributed by atoms with Gasteiger partial charge >= 0.3 is 12.1 Å². The summed E-state index contributed by atoms with van der Waals surface area (Å²) in [5, 5.41) is 22.6. The monoisotopic (exact) mass is 966 g/mol. The zero-order valence-electron chi connectivity index (χ0n) is 39.7. The molecule has 5 heterocycles. The number of rotatable bonds is 12. The molecule has 3 fully saturated rings. The topological polar surface area (TPSA) is 222 Å². The Hall–Kier alpha value is -5.05. The number of carboxylic acids is 1. The van der Waals surface area contributed by atoms with E-state index in [2.05, 4.69) is 16.0 Å². The first-order valence-corrected chi connectivity index (χ1v) is 25.6. The van der Waals surface area contributed by atoms with Crippen LogP contribution in [0.4, 0.5) is 9.93 Å². The van der Waals surface area contributed by atoms with E-state index >= 15 is 0 Å². The molecule has 4 aliphatic rings. The van der Waals surface area contributed by atoms with Crippen LogP contribution in [0.3, 0.4) is 0 Å². The Morgan fingerprint density at radius 2 is 1.82 bits per heavy atom. The minimum atomic E-state index is -3.82. The highest BCUT2D eigenvalue weighted by molar-refractivity contribution is 7.86. The predicted molar refractivity (Wildman–Crippen MR) is 255 cm³/mol. The lowest BCUT2D eigenvalue weighted by Crippen LogP contribution is -2.57. The van der Waals surface area contributed by atoms with Crippen LogP contribution in [-0.2, 0) is 29.3 Å². The van der Waals surface area contributed by atoms with Crippen LogP contribution in [-0.4, -0.2) is 136 Å². The van der Waals surface area contributed by atoms with Gasteiger partial charge in [-0.1, -0.05) is 45.8 Å². The van der Waals surface area contributed by atoms with Gasteiger partial charge in [-0.15, -0.1) is 11.3 Å². The van der Waals surface area contributed by atoms with E-state index in [9.17, 15) is 32.7 Å². The van der Waals surface area contributed by atoms with Crippen LogP contribution < -0.4 is 25.4 Å². The van der Waals surface area contributed by atoms with Crippen molar-refractivity contribution in [3.63, 3.8) is 0 Å². The highest BCUT2D eigenvalue weighted by Gasteiger charge is 2.61. The fraction of sp³-hybridized carbons (Fsp3) is 0.617. The molecule has 20 heteroatoms. The number of fused-ring (bicyclic) bond motifs is 3. The molecule has 4 N–H and O–H groups in total. The smallest absolute Gasteiger partial charge is 0.408 e. The number of anilines is 1. The summed E-state index contributed by atoms with van der Waals surface area (Å²) in [6, 6.07) is 4.81. The van der Waals surface area contributed by atoms with Gasteiger partial charge in [0.1, 0.15) is 47.0 Å². The van der Waals surface area contributed by atoms with Crippen molar-refractivity contribution in [3.8, 4) is 22.9 Å². The Morgan fingerprint density at radius 3 is 2.52 bits per heavy atom. The number of aliphatic carboxylic acids is 1. The average molecular weight is 967 g/mol. The Balaban J connectivity index is 1.18. The first-order chi connectivity index (χ1) is 31.7. The second-order valence-corrected chi connectivity index (χ2v) is 22.5. The molecule has 3 aliphatic heterocycles. The highest BCUT2D eigenvalue weighted by atomic mass is 32.2. The van der Waals surface area contributed by atoms with E-state index in [1.54, 1.807) is 25.3 Å². The normalized spacial score (nSPS) is 26.1. The summed E-state index contributed by atoms with van der Waals surface area (Å²) < 4.78 is 48.4. The number of thiazole rings is 1. The summed E-state index contributed by atoms with van der Waals surface area (Å²) in [6.07, 6.45) is 5.04. The molecule has 1 saturated carbocycles. The van der Waals surface area contributed by atoms with Gasteiger partial charge in [-0.2, -0.15) is 17.0 Å². The molecular weight excluding hydrogens is 901 g/mol. The maximum Gasteiger partial charge on any atom is 0.408 e. The quantitative estimate of drug-likeness (QED) is 0.149. The lowest BCUT2D eigenvalue weighted by molar-refractivity contribution is -0.145. The van der Waals surface area contributed by atoms with Crippen molar-refractivity contribution in [2.75, 3.05) is 38.6 Å². The average Bonchev–Trinajstić information content (AvgIpc) is 3.51. The van der Waals surface area contributed by atoms with E-state index in [1.807, 2.05) is 72.1 Å². The first kappa shape index (κ1) is 49.8. The van der Waals surface area contributed by atoms with Gasteiger partial charge in [0, 0.05) is 65.8 Å². The number of methoxy groups -OCH3 is 1. The van der Waals surface area contributed by atoms with Crippen molar-refractivity contribution in [2.24, 2.45) is 11.3 Å². The van der Waals surface area contributed by atoms with E-state index in [0.29, 0.717) is 66.0 Å². The number of alkyl carbamates (subject to hydrolysis) is 1. The van der Waals surface area contributed by atoms with E-state index in [1.165, 1.54) is 24.8 Å². The third-order valence-corrected chi connectivity index (χ3v) is 15.9. The molecule has 18 nitrogen and oxygen atoms in total. The summed E-state index contributed by atoms with van der Waals surface area (Å²) in [5.41, 5.74) is -0.487. The SMILES string of the molecule is COc1ccc2c(O[C@@H]3C[C@H]4C(=O)N[C@]5(C(=O)O)CC5/C=C\CCCCC[C@H](NC(=O)OC(CN5CCCN(C(C)C)S5(=O)=O)C(C)(C)C)C(=O)N4C3)cc(-c3csc(NC(C)C)n3)nc2c1. The van der Waals surface area contributed by atoms with Gasteiger partial charge in [-0.25, -0.2) is 19.6 Å². The molecule has 1 aromatic carbocycles. The number of nitrogens with one attached hydrogen (secondary N) is 3. The molecular formula is C47H66N8O10S2. The third kappa shape index (κ3) is 11.3. The molecule has 0 radical (unpaired) electrons. The number of carboxylic acid groups (broad SMARTS) is 1. The molecule has 2 saturated heterocycles. The van der Waals surface area contributed by atoms with Crippen molar-refractivity contribution < 1.29 is 46.9 Å². The molecule has 366 valence electrons. The lowest BCUT2D eigenvalue weighted by atomic mass is 9.89. The minimum absolute atomic E-state index is 0.0171. The van der Waals surface area contributed by atoms with Gasteiger partial charge < -0.3 is 40.2 Å². The van der Waals surface area contributed by atoms with Crippen LogP contribution in [0.2, 0.25) is 0 Å². The van der Waals surface area contributed by atoms with Gasteiger partial charge in [0.25, 0.3) is 10.2 Å². The second-order valence-electron chi connectivity index (χ2n) is 19.7. The maximum absolute atomic E-state index is 15.0. The van der Waals surface area contributed by atoms with E-state index in [4.69, 9.17) is 24.2 Å². The molecule has 6 atom stereocenters. The van der Waals surface area contributed by atoms with Crippen molar-refractivity contribution in [1.82, 2.24) is 34.1 Å². The standard InChI is InChI=1S/C47H66N8O10S2/c1-28(2)48-44-50-37(27-66-44)36-23-39(33-18-17-31(63-8)21-35(33)49-36)64-32-22-38-41(56)52-47(43(58)59)24-30(47)15-12-10-9-11-13-16-34(42(57)54(38)25-32)51-45(60)65-40(46(5,6)7)26-53-19-14-20-55(29(3)4)67(53,61)62/h12,15,17-18,21,23,27-30,32,34,38,40H,9-11,13-14,16,19-20,22,24-26H2,1-8H3,(H,48,50)(H,51,60)(H,52,56)(H,58,59)/b15-12-/t30?,32-,34+,38+,40?,47-/m1/s1. The second kappa shape index (κ2) is 20.3. The summed E-state index contributed by atoms with van der Waals surface area (Å²) in [7, 11) is -2.26. The molecule has 67 heavy (non-hydrogen) atoms. The summed E-state index contributed by atoms with van der Waals surface area (Å²) in [6.45, 7) is 13.8. The molecule has 2 unspecified atom stereocenters. The third-order valence-electron chi connectivity index (χ3n) is 12.9. The summed E-state index contributed by atoms with van der Waals surface area (Å²) in [5.74, 6) is -1.75. The molecule has 7 rings (SSSR count). The number of pyridine rings is 1. The number of amides is 3. The Bertz CT molecular complexity index is 2460. The van der Waals surface area contributed by atoms with Crippen molar-refractivity contribution in [2.45, 2.75) is 142 Å². The summed E-state index contributed by atoms with van der Waals surface area (Å²) in [4.78, 5) is 67.3. The number of aromatic nitrogens is 2. The van der Waals surface area contributed by atoms with Crippen molar-refractivity contribution in [3.05, 3.63) is 41.8 Å². The highest BCUT2D eigenvalue weighted by Crippen LogP contribution is 2.46. The largest absolute Gasteiger partial charge is 0.497 e. The number of hydrogen-bond donors (Lipinski definition) is 4. The fourth-order valence-electron chi connectivity index (χ4n) is 9.03. The number of carbonyl (C=O) groups is 4. The van der Waals surface area contributed by atoms with Crippen LogP contribution in [0.1, 0.15) is 99.8 Å². The van der Waals surface area contributed by atoms with E-state index in [0.717, 1.165) is 11.6 Å². The van der Waals surface area contributed by atoms with E-state index in [-0.39, 0.29) is 51.0 Å². The zero-order valence-corrected chi connectivity index (χ0v) is 41.4. The Kier molecular flexibility index (Phi) is 15.1. The van der Waals surface area contributed by atoms with Gasteiger partial charge in [0.15, 0.2) is 5.13 Å². The number of ether oxygens (including phenoxy) is 3. The zero-order chi connectivity index (χ0) is 48.4. The summed E-state index contributed by atoms with van der Waals surface area (Å²) >= 11 is 1.45. The molecule has 3 aromatic rings. The fourth-order valence-corrected chi connectivity index (χ4v) is 11.8. The van der Waals surface area contributed by atoms with Crippen LogP contribution in [0.5, 0.6) is 11.5 Å². The van der Waals surface area contributed by atoms with E-state index < -0.39 is 75.2 Å². The van der Waals surface area contributed by atoms with Gasteiger partial charge in [0.2, 0.25) is 11.8 Å². The number of nitrogens with zero attached hydrogens (tertiary/aromatic N) is 5. The molecule has 0 bridgehead atoms. The molecule has 0 spiro atoms. The Labute approximate surface area is 397 Å². The molecule has 1 aliphatic carbocycles. The van der Waals surface area contributed by atoms with Crippen LogP contribution in [0.15, 0.2) is 41.8 Å². The molecule has 3 amide bonds. The Morgan fingerprint density at radius 1 is 1.04 bits per heavy atom. The van der Waals surface area contributed by atoms with Crippen LogP contribution >= 0.6 is 11.3 Å². The van der Waals surface area contributed by atoms with Crippen molar-refractivity contribution in [1.29, 1.82) is 0 Å². The maximum atomic E-state index is 15.0. The van der Waals surface area contributed by atoms with Gasteiger partial charge in [-0.05, 0) is 71.9 Å². The molecule has 2 aromatic heterocycles. The predicted octanol–water partition coefficient (Wildman–Crippen LogP) is 6.19. The number of allylic oxidation sites excluding steroid dienone is 1. The minimum Gasteiger partial charge on any atom is -0.497 e.